The number of nitrogens with zero attached hydrogens (tertiary/aromatic N) is 2. The van der Waals surface area contributed by atoms with Gasteiger partial charge in [0.05, 0.1) is 10.6 Å². The minimum absolute atomic E-state index is 0.0883. The minimum atomic E-state index is -3.97. The van der Waals surface area contributed by atoms with Crippen LogP contribution >= 0.6 is 0 Å². The molecule has 0 aromatic heterocycles. The third-order valence-electron chi connectivity index (χ3n) is 4.14. The smallest absolute Gasteiger partial charge is 0.245 e. The van der Waals surface area contributed by atoms with Crippen LogP contribution in [0.15, 0.2) is 21.9 Å². The highest BCUT2D eigenvalue weighted by Gasteiger charge is 2.30. The van der Waals surface area contributed by atoms with Gasteiger partial charge in [-0.15, -0.1) is 0 Å². The van der Waals surface area contributed by atoms with Gasteiger partial charge in [0.2, 0.25) is 26.5 Å². The maximum atomic E-state index is 13.0. The average molecular weight is 406 g/mol. The maximum absolute atomic E-state index is 13.0. The van der Waals surface area contributed by atoms with Crippen LogP contribution in [0.25, 0.3) is 0 Å². The number of benzene rings is 1. The Kier molecular flexibility index (Phi) is 7.75. The highest BCUT2D eigenvalue weighted by atomic mass is 32.2. The number of carbonyl (C=O) groups excluding carboxylic acids is 1. The molecule has 0 bridgehead atoms. The molecule has 1 aromatic rings. The normalized spacial score (nSPS) is 12.6. The van der Waals surface area contributed by atoms with Gasteiger partial charge >= 0.3 is 0 Å². The van der Waals surface area contributed by atoms with Crippen LogP contribution in [0.5, 0.6) is 0 Å². The SMILES string of the molecule is CCN(CC)S(=O)(=O)c1cc(C)c(NC=O)c(S(=O)(=O)N(CC)CC)c1. The Bertz CT molecular complexity index is 843. The Hall–Kier alpha value is -1.49. The lowest BCUT2D eigenvalue weighted by molar-refractivity contribution is -0.105. The van der Waals surface area contributed by atoms with Crippen LogP contribution in [0.3, 0.4) is 0 Å². The Morgan fingerprint density at radius 3 is 1.77 bits per heavy atom. The van der Waals surface area contributed by atoms with Crippen LogP contribution < -0.4 is 5.32 Å². The molecule has 0 fully saturated rings. The summed E-state index contributed by atoms with van der Waals surface area (Å²) in [7, 11) is -7.81. The standard InChI is InChI=1S/C16H27N3O5S2/c1-6-18(7-2)25(21,22)14-10-13(5)16(17-12-20)15(11-14)26(23,24)19(8-3)9-4/h10-12H,6-9H2,1-5H3,(H,17,20). The van der Waals surface area contributed by atoms with E-state index in [1.54, 1.807) is 34.6 Å². The summed E-state index contributed by atoms with van der Waals surface area (Å²) in [5.41, 5.74) is 0.446. The van der Waals surface area contributed by atoms with Gasteiger partial charge in [-0.1, -0.05) is 27.7 Å². The predicted octanol–water partition coefficient (Wildman–Crippen LogP) is 1.62. The second-order valence-corrected chi connectivity index (χ2v) is 9.40. The summed E-state index contributed by atoms with van der Waals surface area (Å²) < 4.78 is 54.1. The zero-order chi connectivity index (χ0) is 20.1. The van der Waals surface area contributed by atoms with Crippen molar-refractivity contribution in [3.8, 4) is 0 Å². The Balaban J connectivity index is 3.79. The highest BCUT2D eigenvalue weighted by Crippen LogP contribution is 2.32. The molecule has 8 nitrogen and oxygen atoms in total. The van der Waals surface area contributed by atoms with Crippen LogP contribution in [0.4, 0.5) is 5.69 Å². The number of hydrogen-bond acceptors (Lipinski definition) is 5. The van der Waals surface area contributed by atoms with E-state index in [1.807, 2.05) is 0 Å². The van der Waals surface area contributed by atoms with Crippen molar-refractivity contribution in [1.82, 2.24) is 8.61 Å². The van der Waals surface area contributed by atoms with E-state index in [0.29, 0.717) is 12.0 Å². The first kappa shape index (κ1) is 22.6. The molecule has 1 rings (SSSR count). The second kappa shape index (κ2) is 8.94. The lowest BCUT2D eigenvalue weighted by Gasteiger charge is -2.23. The van der Waals surface area contributed by atoms with E-state index in [1.165, 1.54) is 14.7 Å². The van der Waals surface area contributed by atoms with E-state index in [9.17, 15) is 21.6 Å². The van der Waals surface area contributed by atoms with Crippen molar-refractivity contribution in [2.45, 2.75) is 44.4 Å². The largest absolute Gasteiger partial charge is 0.327 e. The fourth-order valence-electron chi connectivity index (χ4n) is 2.73. The summed E-state index contributed by atoms with van der Waals surface area (Å²) in [6, 6.07) is 2.50. The van der Waals surface area contributed by atoms with E-state index < -0.39 is 20.0 Å². The predicted molar refractivity (Wildman–Crippen MR) is 101 cm³/mol. The van der Waals surface area contributed by atoms with Gasteiger partial charge < -0.3 is 5.32 Å². The van der Waals surface area contributed by atoms with Crippen molar-refractivity contribution in [3.63, 3.8) is 0 Å². The summed E-state index contributed by atoms with van der Waals surface area (Å²) in [5.74, 6) is 0. The molecule has 148 valence electrons. The van der Waals surface area contributed by atoms with Crippen molar-refractivity contribution in [1.29, 1.82) is 0 Å². The molecule has 0 unspecified atom stereocenters. The lowest BCUT2D eigenvalue weighted by Crippen LogP contribution is -2.33. The molecule has 0 saturated heterocycles. The van der Waals surface area contributed by atoms with Crippen LogP contribution in [0, 0.1) is 6.92 Å². The van der Waals surface area contributed by atoms with Crippen LogP contribution in [-0.2, 0) is 24.8 Å². The molecule has 26 heavy (non-hydrogen) atoms. The zero-order valence-electron chi connectivity index (χ0n) is 15.8. The Morgan fingerprint density at radius 2 is 1.35 bits per heavy atom. The average Bonchev–Trinajstić information content (AvgIpc) is 2.58. The Morgan fingerprint density at radius 1 is 0.885 bits per heavy atom. The van der Waals surface area contributed by atoms with E-state index in [4.69, 9.17) is 0 Å². The second-order valence-electron chi connectivity index (χ2n) is 5.55. The van der Waals surface area contributed by atoms with Gasteiger partial charge in [0.25, 0.3) is 0 Å². The van der Waals surface area contributed by atoms with E-state index >= 15 is 0 Å². The number of nitrogens with one attached hydrogen (secondary N) is 1. The third-order valence-corrected chi connectivity index (χ3v) is 8.24. The molecule has 0 atom stereocenters. The van der Waals surface area contributed by atoms with Crippen LogP contribution in [0.2, 0.25) is 0 Å². The number of anilines is 1. The molecule has 0 saturated carbocycles. The molecule has 0 aliphatic carbocycles. The minimum Gasteiger partial charge on any atom is -0.327 e. The number of amides is 1. The quantitative estimate of drug-likeness (QED) is 0.596. The molecular formula is C16H27N3O5S2. The molecule has 0 heterocycles. The zero-order valence-corrected chi connectivity index (χ0v) is 17.4. The Labute approximate surface area is 156 Å². The van der Waals surface area contributed by atoms with Crippen LogP contribution in [0.1, 0.15) is 33.3 Å². The van der Waals surface area contributed by atoms with Gasteiger partial charge in [0.15, 0.2) is 0 Å². The number of carbonyl (C=O) groups is 1. The summed E-state index contributed by atoms with van der Waals surface area (Å²) in [6.07, 6.45) is 0.377. The van der Waals surface area contributed by atoms with Crippen molar-refractivity contribution < 1.29 is 21.6 Å². The van der Waals surface area contributed by atoms with Crippen molar-refractivity contribution >= 4 is 32.1 Å². The molecule has 0 spiro atoms. The van der Waals surface area contributed by atoms with Gasteiger partial charge in [-0.2, -0.15) is 8.61 Å². The molecular weight excluding hydrogens is 378 g/mol. The highest BCUT2D eigenvalue weighted by molar-refractivity contribution is 7.90. The van der Waals surface area contributed by atoms with Gasteiger partial charge in [0.1, 0.15) is 4.90 Å². The summed E-state index contributed by atoms with van der Waals surface area (Å²) >= 11 is 0. The van der Waals surface area contributed by atoms with E-state index in [0.717, 1.165) is 6.07 Å². The van der Waals surface area contributed by atoms with E-state index in [2.05, 4.69) is 5.32 Å². The molecule has 0 aliphatic heterocycles. The van der Waals surface area contributed by atoms with Crippen molar-refractivity contribution in [2.75, 3.05) is 31.5 Å². The maximum Gasteiger partial charge on any atom is 0.245 e. The van der Waals surface area contributed by atoms with Gasteiger partial charge in [0, 0.05) is 26.2 Å². The monoisotopic (exact) mass is 405 g/mol. The van der Waals surface area contributed by atoms with Gasteiger partial charge in [-0.25, -0.2) is 16.8 Å². The van der Waals surface area contributed by atoms with Crippen LogP contribution in [-0.4, -0.2) is 58.0 Å². The molecule has 10 heteroatoms. The molecule has 0 aliphatic rings. The first-order chi connectivity index (χ1) is 12.1. The van der Waals surface area contributed by atoms with Crippen molar-refractivity contribution in [2.24, 2.45) is 0 Å². The van der Waals surface area contributed by atoms with Crippen molar-refractivity contribution in [3.05, 3.63) is 17.7 Å². The van der Waals surface area contributed by atoms with Gasteiger partial charge in [-0.3, -0.25) is 4.79 Å². The molecule has 0 radical (unpaired) electrons. The molecule has 1 aromatic carbocycles. The lowest BCUT2D eigenvalue weighted by atomic mass is 10.2. The number of rotatable bonds is 10. The number of hydrogen-bond donors (Lipinski definition) is 1. The number of sulfonamides is 2. The summed E-state index contributed by atoms with van der Waals surface area (Å²) in [4.78, 5) is 10.6. The third kappa shape index (κ3) is 4.25. The van der Waals surface area contributed by atoms with Gasteiger partial charge in [-0.05, 0) is 24.6 Å². The fraction of sp³-hybridized carbons (Fsp3) is 0.562. The van der Waals surface area contributed by atoms with E-state index in [-0.39, 0.29) is 41.7 Å². The summed E-state index contributed by atoms with van der Waals surface area (Å²) in [6.45, 7) is 9.36. The summed E-state index contributed by atoms with van der Waals surface area (Å²) in [5, 5.41) is 2.39. The molecule has 1 N–H and O–H groups in total. The number of aryl methyl sites for hydroxylation is 1. The first-order valence-electron chi connectivity index (χ1n) is 8.46. The first-order valence-corrected chi connectivity index (χ1v) is 11.3. The topological polar surface area (TPSA) is 104 Å². The molecule has 1 amide bonds. The fourth-order valence-corrected chi connectivity index (χ4v) is 6.09.